The third-order valence-electron chi connectivity index (χ3n) is 3.33. The predicted octanol–water partition coefficient (Wildman–Crippen LogP) is 4.30. The van der Waals surface area contributed by atoms with Crippen LogP contribution in [0.2, 0.25) is 0 Å². The number of nitrogens with two attached hydrogens (primary N) is 1. The number of benzene rings is 2. The first kappa shape index (κ1) is 15.7. The Balaban J connectivity index is 2.35. The molecule has 0 aliphatic rings. The van der Waals surface area contributed by atoms with Crippen molar-refractivity contribution in [3.63, 3.8) is 0 Å². The van der Waals surface area contributed by atoms with E-state index < -0.39 is 6.10 Å². The lowest BCUT2D eigenvalue weighted by molar-refractivity contribution is 0.147. The number of halogens is 2. The largest absolute Gasteiger partial charge is 0.388 e. The van der Waals surface area contributed by atoms with Gasteiger partial charge in [0.25, 0.3) is 0 Å². The lowest BCUT2D eigenvalue weighted by Crippen LogP contribution is -2.20. The second-order valence-electron chi connectivity index (χ2n) is 4.90. The van der Waals surface area contributed by atoms with E-state index in [-0.39, 0.29) is 5.92 Å². The summed E-state index contributed by atoms with van der Waals surface area (Å²) >= 11 is 6.90. The number of aryl methyl sites for hydroxylation is 1. The van der Waals surface area contributed by atoms with E-state index >= 15 is 0 Å². The van der Waals surface area contributed by atoms with Gasteiger partial charge >= 0.3 is 0 Å². The number of hydrogen-bond donors (Lipinski definition) is 2. The Bertz CT molecular complexity index is 581. The minimum absolute atomic E-state index is 0.115. The molecule has 2 nitrogen and oxygen atoms in total. The Morgan fingerprint density at radius 3 is 2.25 bits per heavy atom. The summed E-state index contributed by atoms with van der Waals surface area (Å²) in [6.45, 7) is 2.44. The van der Waals surface area contributed by atoms with Gasteiger partial charge in [-0.3, -0.25) is 0 Å². The second kappa shape index (κ2) is 6.85. The van der Waals surface area contributed by atoms with Gasteiger partial charge in [-0.15, -0.1) is 0 Å². The number of hydrogen-bond acceptors (Lipinski definition) is 2. The minimum atomic E-state index is -0.629. The highest BCUT2D eigenvalue weighted by molar-refractivity contribution is 9.11. The van der Waals surface area contributed by atoms with Gasteiger partial charge in [0.1, 0.15) is 0 Å². The molecule has 0 aliphatic carbocycles. The Hall–Kier alpha value is -0.680. The zero-order chi connectivity index (χ0) is 14.7. The molecule has 0 saturated carbocycles. The van der Waals surface area contributed by atoms with Gasteiger partial charge in [0.15, 0.2) is 0 Å². The third-order valence-corrected chi connectivity index (χ3v) is 4.25. The van der Waals surface area contributed by atoms with Crippen molar-refractivity contribution < 1.29 is 5.11 Å². The molecule has 0 heterocycles. The fraction of sp³-hybridized carbons (Fsp3) is 0.250. The van der Waals surface area contributed by atoms with Gasteiger partial charge in [0.05, 0.1) is 6.10 Å². The highest BCUT2D eigenvalue weighted by atomic mass is 79.9. The molecule has 3 N–H and O–H groups in total. The van der Waals surface area contributed by atoms with Gasteiger partial charge in [-0.2, -0.15) is 0 Å². The van der Waals surface area contributed by atoms with Crippen LogP contribution in [0.5, 0.6) is 0 Å². The molecule has 0 saturated heterocycles. The van der Waals surface area contributed by atoms with Gasteiger partial charge < -0.3 is 10.8 Å². The summed E-state index contributed by atoms with van der Waals surface area (Å²) in [7, 11) is 0. The van der Waals surface area contributed by atoms with Crippen LogP contribution in [0.3, 0.4) is 0 Å². The van der Waals surface area contributed by atoms with E-state index in [0.717, 1.165) is 20.1 Å². The van der Waals surface area contributed by atoms with Gasteiger partial charge in [0, 0.05) is 21.4 Å². The van der Waals surface area contributed by atoms with Crippen molar-refractivity contribution in [1.82, 2.24) is 0 Å². The van der Waals surface area contributed by atoms with E-state index in [0.29, 0.717) is 6.54 Å². The van der Waals surface area contributed by atoms with E-state index in [2.05, 4.69) is 37.9 Å². The summed E-state index contributed by atoms with van der Waals surface area (Å²) in [5.74, 6) is -0.115. The molecule has 2 aromatic rings. The first-order valence-electron chi connectivity index (χ1n) is 6.42. The average molecular weight is 399 g/mol. The van der Waals surface area contributed by atoms with Crippen molar-refractivity contribution >= 4 is 31.9 Å². The summed E-state index contributed by atoms with van der Waals surface area (Å²) in [6, 6.07) is 13.9. The first-order chi connectivity index (χ1) is 9.51. The minimum Gasteiger partial charge on any atom is -0.388 e. The van der Waals surface area contributed by atoms with Gasteiger partial charge in [-0.25, -0.2) is 0 Å². The van der Waals surface area contributed by atoms with Crippen LogP contribution in [0, 0.1) is 6.92 Å². The van der Waals surface area contributed by atoms with Crippen molar-refractivity contribution in [2.24, 2.45) is 5.73 Å². The molecule has 0 aromatic heterocycles. The molecule has 4 heteroatoms. The van der Waals surface area contributed by atoms with Gasteiger partial charge in [-0.05, 0) is 36.2 Å². The van der Waals surface area contributed by atoms with Gasteiger partial charge in [0.2, 0.25) is 0 Å². The fourth-order valence-corrected chi connectivity index (χ4v) is 3.66. The zero-order valence-electron chi connectivity index (χ0n) is 11.2. The lowest BCUT2D eigenvalue weighted by atomic mass is 9.88. The zero-order valence-corrected chi connectivity index (χ0v) is 14.4. The number of aliphatic hydroxyl groups is 1. The topological polar surface area (TPSA) is 46.2 Å². The summed E-state index contributed by atoms with van der Waals surface area (Å²) in [6.07, 6.45) is -0.629. The molecule has 0 amide bonds. The fourth-order valence-electron chi connectivity index (χ4n) is 2.33. The molecule has 2 aromatic carbocycles. The van der Waals surface area contributed by atoms with E-state index in [4.69, 9.17) is 5.73 Å². The van der Waals surface area contributed by atoms with Crippen LogP contribution in [0.4, 0.5) is 0 Å². The molecule has 0 aliphatic heterocycles. The van der Waals surface area contributed by atoms with Crippen molar-refractivity contribution in [2.45, 2.75) is 18.9 Å². The Morgan fingerprint density at radius 2 is 1.70 bits per heavy atom. The molecule has 2 unspecified atom stereocenters. The van der Waals surface area contributed by atoms with Crippen LogP contribution in [0.1, 0.15) is 28.7 Å². The summed E-state index contributed by atoms with van der Waals surface area (Å²) in [4.78, 5) is 0. The predicted molar refractivity (Wildman–Crippen MR) is 89.8 cm³/mol. The van der Waals surface area contributed by atoms with Crippen molar-refractivity contribution in [3.8, 4) is 0 Å². The van der Waals surface area contributed by atoms with E-state index in [9.17, 15) is 5.11 Å². The van der Waals surface area contributed by atoms with Crippen molar-refractivity contribution in [2.75, 3.05) is 6.54 Å². The quantitative estimate of drug-likeness (QED) is 0.806. The summed E-state index contributed by atoms with van der Waals surface area (Å²) in [5.41, 5.74) is 8.97. The Morgan fingerprint density at radius 1 is 1.05 bits per heavy atom. The molecular weight excluding hydrogens is 382 g/mol. The maximum atomic E-state index is 10.7. The molecule has 0 radical (unpaired) electrons. The second-order valence-corrected chi connectivity index (χ2v) is 6.74. The lowest BCUT2D eigenvalue weighted by Gasteiger charge is -2.23. The molecule has 0 spiro atoms. The Labute approximate surface area is 136 Å². The van der Waals surface area contributed by atoms with Crippen LogP contribution < -0.4 is 5.73 Å². The Kier molecular flexibility index (Phi) is 5.38. The van der Waals surface area contributed by atoms with E-state index in [1.807, 2.05) is 43.3 Å². The molecule has 0 bridgehead atoms. The van der Waals surface area contributed by atoms with Crippen LogP contribution in [0.25, 0.3) is 0 Å². The normalized spacial score (nSPS) is 14.1. The highest BCUT2D eigenvalue weighted by Gasteiger charge is 2.22. The number of aliphatic hydroxyl groups excluding tert-OH is 1. The maximum absolute atomic E-state index is 10.7. The monoisotopic (exact) mass is 397 g/mol. The average Bonchev–Trinajstić information content (AvgIpc) is 2.38. The third kappa shape index (κ3) is 3.70. The van der Waals surface area contributed by atoms with E-state index in [1.54, 1.807) is 0 Å². The van der Waals surface area contributed by atoms with E-state index in [1.165, 1.54) is 5.56 Å². The summed E-state index contributed by atoms with van der Waals surface area (Å²) < 4.78 is 1.86. The molecule has 0 fully saturated rings. The first-order valence-corrected chi connectivity index (χ1v) is 8.00. The molecular formula is C16H17Br2NO. The smallest absolute Gasteiger partial charge is 0.0871 e. The van der Waals surface area contributed by atoms with Crippen molar-refractivity contribution in [3.05, 3.63) is 68.1 Å². The van der Waals surface area contributed by atoms with Gasteiger partial charge in [-0.1, -0.05) is 61.7 Å². The molecule has 2 rings (SSSR count). The van der Waals surface area contributed by atoms with Crippen LogP contribution >= 0.6 is 31.9 Å². The highest BCUT2D eigenvalue weighted by Crippen LogP contribution is 2.33. The number of rotatable bonds is 4. The molecule has 20 heavy (non-hydrogen) atoms. The van der Waals surface area contributed by atoms with Crippen LogP contribution in [-0.4, -0.2) is 11.7 Å². The van der Waals surface area contributed by atoms with Crippen LogP contribution in [-0.2, 0) is 0 Å². The SMILES string of the molecule is Cc1cccc(C(CN)C(O)c2cc(Br)cc(Br)c2)c1. The standard InChI is InChI=1S/C16H17Br2NO/c1-10-3-2-4-11(5-10)15(9-19)16(20)12-6-13(17)8-14(18)7-12/h2-8,15-16,20H,9,19H2,1H3. The molecule has 2 atom stereocenters. The van der Waals surface area contributed by atoms with Crippen LogP contribution in [0.15, 0.2) is 51.4 Å². The molecule has 106 valence electrons. The summed E-state index contributed by atoms with van der Waals surface area (Å²) in [5, 5.41) is 10.7. The maximum Gasteiger partial charge on any atom is 0.0871 e. The van der Waals surface area contributed by atoms with Crippen molar-refractivity contribution in [1.29, 1.82) is 0 Å².